The van der Waals surface area contributed by atoms with Gasteiger partial charge < -0.3 is 9.42 Å². The van der Waals surface area contributed by atoms with Crippen molar-refractivity contribution >= 4 is 21.6 Å². The molecule has 0 atom stereocenters. The van der Waals surface area contributed by atoms with E-state index in [1.54, 1.807) is 4.90 Å². The van der Waals surface area contributed by atoms with Crippen LogP contribution >= 0.6 is 0 Å². The van der Waals surface area contributed by atoms with Crippen molar-refractivity contribution in [2.45, 2.75) is 18.4 Å². The normalized spacial score (nSPS) is 15.0. The van der Waals surface area contributed by atoms with E-state index in [-0.39, 0.29) is 16.5 Å². The number of halogens is 1. The second kappa shape index (κ2) is 9.09. The molecule has 1 aliphatic heterocycles. The molecule has 4 rings (SSSR count). The van der Waals surface area contributed by atoms with Crippen molar-refractivity contribution in [1.82, 2.24) is 15.0 Å². The Hall–Kier alpha value is -3.24. The first-order valence-corrected chi connectivity index (χ1v) is 11.6. The highest BCUT2D eigenvalue weighted by molar-refractivity contribution is 7.92. The highest BCUT2D eigenvalue weighted by Gasteiger charge is 2.23. The molecule has 10 heteroatoms. The van der Waals surface area contributed by atoms with Crippen LogP contribution in [0.1, 0.15) is 21.8 Å². The first-order valence-electron chi connectivity index (χ1n) is 10.1. The van der Waals surface area contributed by atoms with Crippen LogP contribution in [0.25, 0.3) is 0 Å². The summed E-state index contributed by atoms with van der Waals surface area (Å²) in [6, 6.07) is 12.7. The maximum absolute atomic E-state index is 13.0. The minimum absolute atomic E-state index is 0.0190. The van der Waals surface area contributed by atoms with Gasteiger partial charge in [-0.2, -0.15) is 0 Å². The molecule has 1 aliphatic rings. The third-order valence-corrected chi connectivity index (χ3v) is 6.62. The first-order chi connectivity index (χ1) is 15.3. The van der Waals surface area contributed by atoms with E-state index in [4.69, 9.17) is 4.52 Å². The van der Waals surface area contributed by atoms with Crippen LogP contribution in [0.5, 0.6) is 0 Å². The van der Waals surface area contributed by atoms with Gasteiger partial charge in [0.1, 0.15) is 5.82 Å². The summed E-state index contributed by atoms with van der Waals surface area (Å²) in [6.45, 7) is 5.07. The van der Waals surface area contributed by atoms with Gasteiger partial charge in [-0.1, -0.05) is 5.16 Å². The van der Waals surface area contributed by atoms with Crippen molar-refractivity contribution in [3.8, 4) is 0 Å². The Balaban J connectivity index is 1.35. The number of hydrogen-bond acceptors (Lipinski definition) is 6. The highest BCUT2D eigenvalue weighted by Crippen LogP contribution is 2.18. The Kier molecular flexibility index (Phi) is 6.24. The standard InChI is InChI=1S/C22H23FN4O4S/c1-16-14-20(31-24-16)15-26-10-12-27(13-11-26)22(28)17-2-8-21(9-3-17)32(29,30)25-19-6-4-18(23)5-7-19/h2-9,14,25H,10-13,15H2,1H3. The third-order valence-electron chi connectivity index (χ3n) is 5.22. The van der Waals surface area contributed by atoms with Gasteiger partial charge in [0.2, 0.25) is 0 Å². The van der Waals surface area contributed by atoms with Crippen molar-refractivity contribution in [2.24, 2.45) is 0 Å². The molecule has 1 N–H and O–H groups in total. The summed E-state index contributed by atoms with van der Waals surface area (Å²) >= 11 is 0. The minimum Gasteiger partial charge on any atom is -0.360 e. The molecule has 32 heavy (non-hydrogen) atoms. The Bertz CT molecular complexity index is 1190. The lowest BCUT2D eigenvalue weighted by Gasteiger charge is -2.34. The number of sulfonamides is 1. The smallest absolute Gasteiger partial charge is 0.261 e. The number of hydrogen-bond donors (Lipinski definition) is 1. The van der Waals surface area contributed by atoms with Crippen molar-refractivity contribution in [3.05, 3.63) is 77.4 Å². The first kappa shape index (κ1) is 22.0. The fourth-order valence-electron chi connectivity index (χ4n) is 3.51. The monoisotopic (exact) mass is 458 g/mol. The van der Waals surface area contributed by atoms with Crippen molar-refractivity contribution in [2.75, 3.05) is 30.9 Å². The Morgan fingerprint density at radius 2 is 1.72 bits per heavy atom. The van der Waals surface area contributed by atoms with E-state index in [1.807, 2.05) is 13.0 Å². The number of nitrogens with one attached hydrogen (secondary N) is 1. The van der Waals surface area contributed by atoms with Crippen molar-refractivity contribution < 1.29 is 22.1 Å². The third kappa shape index (κ3) is 5.14. The molecule has 2 heterocycles. The summed E-state index contributed by atoms with van der Waals surface area (Å²) in [5.41, 5.74) is 1.52. The number of carbonyl (C=O) groups is 1. The molecule has 1 amide bonds. The number of aryl methyl sites for hydroxylation is 1. The molecule has 0 bridgehead atoms. The molecule has 2 aromatic carbocycles. The van der Waals surface area contributed by atoms with Gasteiger partial charge in [-0.25, -0.2) is 12.8 Å². The summed E-state index contributed by atoms with van der Waals surface area (Å²) in [4.78, 5) is 16.8. The van der Waals surface area contributed by atoms with Crippen molar-refractivity contribution in [3.63, 3.8) is 0 Å². The summed E-state index contributed by atoms with van der Waals surface area (Å²) in [5.74, 6) is 0.202. The number of piperazine rings is 1. The molecule has 1 saturated heterocycles. The van der Waals surface area contributed by atoms with E-state index in [2.05, 4.69) is 14.8 Å². The molecule has 3 aromatic rings. The molecular formula is C22H23FN4O4S. The van der Waals surface area contributed by atoms with Crippen molar-refractivity contribution in [1.29, 1.82) is 0 Å². The fraction of sp³-hybridized carbons (Fsp3) is 0.273. The lowest BCUT2D eigenvalue weighted by Crippen LogP contribution is -2.48. The number of nitrogens with zero attached hydrogens (tertiary/aromatic N) is 3. The number of aromatic nitrogens is 1. The van der Waals surface area contributed by atoms with Crippen LogP contribution < -0.4 is 4.72 Å². The maximum Gasteiger partial charge on any atom is 0.261 e. The van der Waals surface area contributed by atoms with Gasteiger partial charge in [-0.3, -0.25) is 14.4 Å². The topological polar surface area (TPSA) is 95.8 Å². The molecule has 1 fully saturated rings. The summed E-state index contributed by atoms with van der Waals surface area (Å²) < 4.78 is 45.7. The Labute approximate surface area is 185 Å². The van der Waals surface area contributed by atoms with Gasteiger partial charge >= 0.3 is 0 Å². The predicted octanol–water partition coefficient (Wildman–Crippen LogP) is 2.88. The minimum atomic E-state index is -3.85. The molecule has 0 unspecified atom stereocenters. The van der Waals surface area contributed by atoms with E-state index in [0.29, 0.717) is 38.3 Å². The van der Waals surface area contributed by atoms with E-state index in [9.17, 15) is 17.6 Å². The lowest BCUT2D eigenvalue weighted by atomic mass is 10.2. The maximum atomic E-state index is 13.0. The van der Waals surface area contributed by atoms with Crippen LogP contribution in [-0.4, -0.2) is 55.5 Å². The van der Waals surface area contributed by atoms with Gasteiger partial charge in [0, 0.05) is 43.5 Å². The highest BCUT2D eigenvalue weighted by atomic mass is 32.2. The number of carbonyl (C=O) groups excluding carboxylic acids is 1. The van der Waals surface area contributed by atoms with Gasteiger partial charge in [-0.05, 0) is 55.5 Å². The molecule has 168 valence electrons. The van der Waals surface area contributed by atoms with Crippen LogP contribution in [0, 0.1) is 12.7 Å². The number of rotatable bonds is 6. The molecule has 8 nitrogen and oxygen atoms in total. The van der Waals surface area contributed by atoms with Crippen LogP contribution in [0.4, 0.5) is 10.1 Å². The van der Waals surface area contributed by atoms with Crippen LogP contribution in [0.2, 0.25) is 0 Å². The zero-order valence-electron chi connectivity index (χ0n) is 17.5. The van der Waals surface area contributed by atoms with Crippen LogP contribution in [-0.2, 0) is 16.6 Å². The largest absolute Gasteiger partial charge is 0.360 e. The average Bonchev–Trinajstić information content (AvgIpc) is 3.20. The number of benzene rings is 2. The molecule has 1 aromatic heterocycles. The fourth-order valence-corrected chi connectivity index (χ4v) is 4.57. The molecule has 0 spiro atoms. The van der Waals surface area contributed by atoms with Gasteiger partial charge in [0.05, 0.1) is 17.1 Å². The summed E-state index contributed by atoms with van der Waals surface area (Å²) in [7, 11) is -3.85. The van der Waals surface area contributed by atoms with Gasteiger partial charge in [0.25, 0.3) is 15.9 Å². The average molecular weight is 459 g/mol. The van der Waals surface area contributed by atoms with E-state index in [0.717, 1.165) is 11.5 Å². The summed E-state index contributed by atoms with van der Waals surface area (Å²) in [6.07, 6.45) is 0. The van der Waals surface area contributed by atoms with Crippen LogP contribution in [0.15, 0.2) is 64.0 Å². The second-order valence-electron chi connectivity index (χ2n) is 7.64. The Morgan fingerprint density at radius 1 is 1.06 bits per heavy atom. The van der Waals surface area contributed by atoms with E-state index in [1.165, 1.54) is 48.5 Å². The van der Waals surface area contributed by atoms with Gasteiger partial charge in [-0.15, -0.1) is 0 Å². The van der Waals surface area contributed by atoms with E-state index < -0.39 is 15.8 Å². The molecular weight excluding hydrogens is 435 g/mol. The zero-order chi connectivity index (χ0) is 22.7. The molecule has 0 saturated carbocycles. The molecule has 0 radical (unpaired) electrons. The van der Waals surface area contributed by atoms with Crippen LogP contribution in [0.3, 0.4) is 0 Å². The Morgan fingerprint density at radius 3 is 2.31 bits per heavy atom. The quantitative estimate of drug-likeness (QED) is 0.610. The second-order valence-corrected chi connectivity index (χ2v) is 9.32. The number of anilines is 1. The predicted molar refractivity (Wildman–Crippen MR) is 116 cm³/mol. The zero-order valence-corrected chi connectivity index (χ0v) is 18.3. The summed E-state index contributed by atoms with van der Waals surface area (Å²) in [5, 5.41) is 3.89. The SMILES string of the molecule is Cc1cc(CN2CCN(C(=O)c3ccc(S(=O)(=O)Nc4ccc(F)cc4)cc3)CC2)on1. The molecule has 0 aliphatic carbocycles. The van der Waals surface area contributed by atoms with E-state index >= 15 is 0 Å². The lowest BCUT2D eigenvalue weighted by molar-refractivity contribution is 0.0617. The number of amides is 1. The van der Waals surface area contributed by atoms with Gasteiger partial charge in [0.15, 0.2) is 5.76 Å².